The van der Waals surface area contributed by atoms with E-state index in [1.165, 1.54) is 30.4 Å². The predicted octanol–water partition coefficient (Wildman–Crippen LogP) is 2.10. The first-order valence-corrected chi connectivity index (χ1v) is 7.04. The topological polar surface area (TPSA) is 49.5 Å². The summed E-state index contributed by atoms with van der Waals surface area (Å²) in [5.41, 5.74) is 9.56. The molecule has 1 aliphatic carbocycles. The Balaban J connectivity index is 1.86. The quantitative estimate of drug-likeness (QED) is 0.786. The van der Waals surface area contributed by atoms with Crippen LogP contribution in [0.15, 0.2) is 18.2 Å². The summed E-state index contributed by atoms with van der Waals surface area (Å²) in [5, 5.41) is 9.55. The number of benzene rings is 1. The summed E-state index contributed by atoms with van der Waals surface area (Å²) in [6, 6.07) is 7.17. The van der Waals surface area contributed by atoms with Crippen LogP contribution in [0.25, 0.3) is 0 Å². The Morgan fingerprint density at radius 1 is 1.28 bits per heavy atom. The highest BCUT2D eigenvalue weighted by Gasteiger charge is 2.33. The molecule has 1 aromatic rings. The molecule has 3 N–H and O–H groups in total. The smallest absolute Gasteiger partial charge is 0.0587 e. The summed E-state index contributed by atoms with van der Waals surface area (Å²) in [4.78, 5) is 2.52. The minimum atomic E-state index is 0.292. The molecule has 2 unspecified atom stereocenters. The van der Waals surface area contributed by atoms with Crippen LogP contribution >= 0.6 is 0 Å². The third-order valence-electron chi connectivity index (χ3n) is 4.50. The van der Waals surface area contributed by atoms with Crippen molar-refractivity contribution in [3.63, 3.8) is 0 Å². The van der Waals surface area contributed by atoms with Crippen LogP contribution in [0.5, 0.6) is 0 Å². The van der Waals surface area contributed by atoms with Crippen LogP contribution in [0.1, 0.15) is 42.9 Å². The molecule has 0 amide bonds. The lowest BCUT2D eigenvalue weighted by atomic mass is 9.97. The number of aryl methyl sites for hydroxylation is 1. The molecule has 3 heteroatoms. The Hall–Kier alpha value is -1.06. The number of nitrogens with two attached hydrogens (primary N) is 1. The number of anilines is 1. The third kappa shape index (κ3) is 2.02. The standard InChI is InChI=1S/C15H22N2O/c16-12-5-6-14-11(9-12)4-7-15(14)17-8-2-1-3-13(17)10-18/h5-6,9,13,15,18H,1-4,7-8,10,16H2. The van der Waals surface area contributed by atoms with Crippen LogP contribution in [0.4, 0.5) is 5.69 Å². The van der Waals surface area contributed by atoms with Gasteiger partial charge in [0.1, 0.15) is 0 Å². The number of hydrogen-bond acceptors (Lipinski definition) is 3. The van der Waals surface area contributed by atoms with Gasteiger partial charge in [0.15, 0.2) is 0 Å². The maximum Gasteiger partial charge on any atom is 0.0587 e. The lowest BCUT2D eigenvalue weighted by Crippen LogP contribution is -2.43. The molecule has 2 atom stereocenters. The van der Waals surface area contributed by atoms with Crippen molar-refractivity contribution in [1.82, 2.24) is 4.90 Å². The minimum absolute atomic E-state index is 0.292. The lowest BCUT2D eigenvalue weighted by molar-refractivity contribution is 0.0528. The van der Waals surface area contributed by atoms with Crippen LogP contribution in [0, 0.1) is 0 Å². The van der Waals surface area contributed by atoms with E-state index >= 15 is 0 Å². The zero-order chi connectivity index (χ0) is 12.5. The summed E-state index contributed by atoms with van der Waals surface area (Å²) >= 11 is 0. The van der Waals surface area contributed by atoms with E-state index in [9.17, 15) is 5.11 Å². The highest BCUT2D eigenvalue weighted by molar-refractivity contribution is 5.47. The normalized spacial score (nSPS) is 28.3. The van der Waals surface area contributed by atoms with Crippen molar-refractivity contribution < 1.29 is 5.11 Å². The van der Waals surface area contributed by atoms with Gasteiger partial charge in [0, 0.05) is 17.8 Å². The summed E-state index contributed by atoms with van der Waals surface area (Å²) in [5.74, 6) is 0. The molecular formula is C15H22N2O. The van der Waals surface area contributed by atoms with Gasteiger partial charge >= 0.3 is 0 Å². The molecule has 98 valence electrons. The van der Waals surface area contributed by atoms with Crippen LogP contribution in [-0.2, 0) is 6.42 Å². The van der Waals surface area contributed by atoms with E-state index in [0.717, 1.165) is 25.1 Å². The fourth-order valence-corrected chi connectivity index (χ4v) is 3.59. The Labute approximate surface area is 109 Å². The van der Waals surface area contributed by atoms with E-state index in [4.69, 9.17) is 5.73 Å². The predicted molar refractivity (Wildman–Crippen MR) is 73.3 cm³/mol. The van der Waals surface area contributed by atoms with E-state index < -0.39 is 0 Å². The second-order valence-electron chi connectivity index (χ2n) is 5.58. The molecule has 1 aliphatic heterocycles. The monoisotopic (exact) mass is 246 g/mol. The SMILES string of the molecule is Nc1ccc2c(c1)CCC2N1CCCCC1CO. The molecule has 0 radical (unpaired) electrons. The van der Waals surface area contributed by atoms with Crippen molar-refractivity contribution in [2.45, 2.75) is 44.2 Å². The zero-order valence-corrected chi connectivity index (χ0v) is 10.8. The van der Waals surface area contributed by atoms with Crippen LogP contribution in [0.2, 0.25) is 0 Å². The first kappa shape index (κ1) is 12.0. The van der Waals surface area contributed by atoms with Gasteiger partial charge < -0.3 is 10.8 Å². The maximum absolute atomic E-state index is 9.55. The zero-order valence-electron chi connectivity index (χ0n) is 10.8. The second-order valence-corrected chi connectivity index (χ2v) is 5.58. The van der Waals surface area contributed by atoms with Crippen molar-refractivity contribution in [3.05, 3.63) is 29.3 Å². The number of hydrogen-bond donors (Lipinski definition) is 2. The van der Waals surface area contributed by atoms with Gasteiger partial charge in [-0.2, -0.15) is 0 Å². The van der Waals surface area contributed by atoms with Gasteiger partial charge in [0.05, 0.1) is 6.61 Å². The van der Waals surface area contributed by atoms with E-state index in [0.29, 0.717) is 18.7 Å². The highest BCUT2D eigenvalue weighted by Crippen LogP contribution is 2.39. The van der Waals surface area contributed by atoms with E-state index in [1.807, 2.05) is 6.07 Å². The average molecular weight is 246 g/mol. The van der Waals surface area contributed by atoms with Gasteiger partial charge in [-0.1, -0.05) is 12.5 Å². The number of aliphatic hydroxyl groups excluding tert-OH is 1. The number of likely N-dealkylation sites (tertiary alicyclic amines) is 1. The van der Waals surface area contributed by atoms with E-state index in [2.05, 4.69) is 17.0 Å². The summed E-state index contributed by atoms with van der Waals surface area (Å²) in [6.45, 7) is 1.42. The molecule has 0 aromatic heterocycles. The Morgan fingerprint density at radius 2 is 2.17 bits per heavy atom. The van der Waals surface area contributed by atoms with Crippen molar-refractivity contribution in [1.29, 1.82) is 0 Å². The van der Waals surface area contributed by atoms with Gasteiger partial charge in [0.2, 0.25) is 0 Å². The number of rotatable bonds is 2. The van der Waals surface area contributed by atoms with Gasteiger partial charge in [0.25, 0.3) is 0 Å². The molecular weight excluding hydrogens is 224 g/mol. The number of nitrogens with zero attached hydrogens (tertiary/aromatic N) is 1. The molecule has 1 saturated heterocycles. The molecule has 2 aliphatic rings. The van der Waals surface area contributed by atoms with Gasteiger partial charge in [-0.25, -0.2) is 0 Å². The Bertz CT molecular complexity index is 433. The number of nitrogen functional groups attached to an aromatic ring is 1. The summed E-state index contributed by atoms with van der Waals surface area (Å²) in [7, 11) is 0. The molecule has 0 bridgehead atoms. The van der Waals surface area contributed by atoms with Gasteiger partial charge in [-0.05, 0) is 55.5 Å². The van der Waals surface area contributed by atoms with Crippen LogP contribution < -0.4 is 5.73 Å². The molecule has 0 spiro atoms. The van der Waals surface area contributed by atoms with Crippen molar-refractivity contribution in [2.24, 2.45) is 0 Å². The molecule has 18 heavy (non-hydrogen) atoms. The van der Waals surface area contributed by atoms with Crippen molar-refractivity contribution in [3.8, 4) is 0 Å². The average Bonchev–Trinajstić information content (AvgIpc) is 2.81. The molecule has 1 fully saturated rings. The first-order valence-electron chi connectivity index (χ1n) is 7.04. The van der Waals surface area contributed by atoms with Crippen LogP contribution in [-0.4, -0.2) is 29.2 Å². The first-order chi connectivity index (χ1) is 8.79. The third-order valence-corrected chi connectivity index (χ3v) is 4.50. The Morgan fingerprint density at radius 3 is 3.00 bits per heavy atom. The molecule has 3 nitrogen and oxygen atoms in total. The fourth-order valence-electron chi connectivity index (χ4n) is 3.59. The summed E-state index contributed by atoms with van der Waals surface area (Å²) < 4.78 is 0. The number of piperidine rings is 1. The molecule has 3 rings (SSSR count). The number of fused-ring (bicyclic) bond motifs is 1. The second kappa shape index (κ2) is 4.90. The van der Waals surface area contributed by atoms with Gasteiger partial charge in [-0.15, -0.1) is 0 Å². The molecule has 1 heterocycles. The Kier molecular flexibility index (Phi) is 3.27. The minimum Gasteiger partial charge on any atom is -0.399 e. The van der Waals surface area contributed by atoms with E-state index in [-0.39, 0.29) is 0 Å². The fraction of sp³-hybridized carbons (Fsp3) is 0.600. The largest absolute Gasteiger partial charge is 0.399 e. The van der Waals surface area contributed by atoms with Crippen molar-refractivity contribution in [2.75, 3.05) is 18.9 Å². The van der Waals surface area contributed by atoms with Crippen LogP contribution in [0.3, 0.4) is 0 Å². The molecule has 1 aromatic carbocycles. The van der Waals surface area contributed by atoms with E-state index in [1.54, 1.807) is 0 Å². The van der Waals surface area contributed by atoms with Gasteiger partial charge in [-0.3, -0.25) is 4.90 Å². The highest BCUT2D eigenvalue weighted by atomic mass is 16.3. The number of aliphatic hydroxyl groups is 1. The maximum atomic E-state index is 9.55. The lowest BCUT2D eigenvalue weighted by Gasteiger charge is -2.39. The van der Waals surface area contributed by atoms with Crippen molar-refractivity contribution >= 4 is 5.69 Å². The molecule has 0 saturated carbocycles. The summed E-state index contributed by atoms with van der Waals surface area (Å²) in [6.07, 6.45) is 5.95.